The van der Waals surface area contributed by atoms with Crippen LogP contribution in [0.3, 0.4) is 0 Å². The van der Waals surface area contributed by atoms with Crippen LogP contribution >= 0.6 is 15.9 Å². The van der Waals surface area contributed by atoms with Crippen LogP contribution in [0.2, 0.25) is 0 Å². The lowest BCUT2D eigenvalue weighted by atomic mass is 10.3. The first kappa shape index (κ1) is 14.0. The fourth-order valence-corrected chi connectivity index (χ4v) is 2.29. The predicted octanol–water partition coefficient (Wildman–Crippen LogP) is 3.35. The van der Waals surface area contributed by atoms with E-state index in [1.165, 1.54) is 18.4 Å². The summed E-state index contributed by atoms with van der Waals surface area (Å²) < 4.78 is 29.1. The van der Waals surface area contributed by atoms with Gasteiger partial charge in [-0.15, -0.1) is 0 Å². The van der Waals surface area contributed by atoms with Gasteiger partial charge in [-0.3, -0.25) is 0 Å². The van der Waals surface area contributed by atoms with Gasteiger partial charge in [0.05, 0.1) is 4.90 Å². The Morgan fingerprint density at radius 1 is 1.21 bits per heavy atom. The van der Waals surface area contributed by atoms with Crippen molar-refractivity contribution in [3.63, 3.8) is 0 Å². The van der Waals surface area contributed by atoms with Crippen molar-refractivity contribution in [2.24, 2.45) is 0 Å². The quantitative estimate of drug-likeness (QED) is 0.858. The maximum absolute atomic E-state index is 11.3. The van der Waals surface area contributed by atoms with E-state index in [9.17, 15) is 8.42 Å². The van der Waals surface area contributed by atoms with Gasteiger partial charge >= 0.3 is 0 Å². The number of aromatic nitrogens is 1. The fourth-order valence-electron chi connectivity index (χ4n) is 1.44. The molecule has 0 atom stereocenters. The van der Waals surface area contributed by atoms with Gasteiger partial charge in [0.2, 0.25) is 5.88 Å². The summed E-state index contributed by atoms with van der Waals surface area (Å²) in [6.07, 6.45) is 2.83. The Hall–Kier alpha value is -1.40. The first-order valence-electron chi connectivity index (χ1n) is 5.46. The van der Waals surface area contributed by atoms with Crippen LogP contribution in [0.25, 0.3) is 0 Å². The van der Waals surface area contributed by atoms with E-state index in [2.05, 4.69) is 20.9 Å². The average Bonchev–Trinajstić information content (AvgIpc) is 2.33. The zero-order chi connectivity index (χ0) is 14.0. The lowest BCUT2D eigenvalue weighted by Gasteiger charge is -2.06. The number of rotatable bonds is 3. The highest BCUT2D eigenvalue weighted by Crippen LogP contribution is 2.24. The number of hydrogen-bond acceptors (Lipinski definition) is 4. The smallest absolute Gasteiger partial charge is 0.219 e. The van der Waals surface area contributed by atoms with E-state index in [0.717, 1.165) is 10.0 Å². The Bertz CT molecular complexity index is 696. The van der Waals surface area contributed by atoms with Gasteiger partial charge in [0.25, 0.3) is 0 Å². The molecule has 2 aromatic rings. The molecule has 0 N–H and O–H groups in total. The maximum Gasteiger partial charge on any atom is 0.219 e. The van der Waals surface area contributed by atoms with Gasteiger partial charge < -0.3 is 4.74 Å². The monoisotopic (exact) mass is 341 g/mol. The first-order chi connectivity index (χ1) is 8.86. The molecule has 0 saturated heterocycles. The third kappa shape index (κ3) is 3.54. The molecule has 6 heteroatoms. The molecule has 4 nitrogen and oxygen atoms in total. The Morgan fingerprint density at radius 3 is 2.37 bits per heavy atom. The molecule has 1 aromatic carbocycles. The van der Waals surface area contributed by atoms with Gasteiger partial charge in [-0.25, -0.2) is 13.4 Å². The number of ether oxygens (including phenoxy) is 1. The second-order valence-corrected chi connectivity index (χ2v) is 6.99. The molecular formula is C13H12BrNO3S. The van der Waals surface area contributed by atoms with E-state index < -0.39 is 9.84 Å². The molecule has 19 heavy (non-hydrogen) atoms. The Morgan fingerprint density at radius 2 is 1.84 bits per heavy atom. The van der Waals surface area contributed by atoms with E-state index in [-0.39, 0.29) is 4.90 Å². The van der Waals surface area contributed by atoms with Crippen LogP contribution < -0.4 is 4.74 Å². The third-order valence-corrected chi connectivity index (χ3v) is 4.45. The second-order valence-electron chi connectivity index (χ2n) is 4.12. The molecule has 2 rings (SSSR count). The molecule has 1 aromatic heterocycles. The lowest BCUT2D eigenvalue weighted by Crippen LogP contribution is -1.96. The Balaban J connectivity index is 2.22. The summed E-state index contributed by atoms with van der Waals surface area (Å²) >= 11 is 3.36. The van der Waals surface area contributed by atoms with E-state index in [0.29, 0.717) is 11.6 Å². The third-order valence-electron chi connectivity index (χ3n) is 2.50. The van der Waals surface area contributed by atoms with Crippen LogP contribution in [-0.4, -0.2) is 19.7 Å². The molecule has 0 fully saturated rings. The molecule has 0 bridgehead atoms. The lowest BCUT2D eigenvalue weighted by molar-refractivity contribution is 0.462. The van der Waals surface area contributed by atoms with E-state index in [1.54, 1.807) is 24.4 Å². The van der Waals surface area contributed by atoms with E-state index in [1.807, 2.05) is 6.92 Å². The molecule has 0 amide bonds. The summed E-state index contributed by atoms with van der Waals surface area (Å²) in [7, 11) is -3.18. The van der Waals surface area contributed by atoms with Crippen molar-refractivity contribution in [2.45, 2.75) is 11.8 Å². The van der Waals surface area contributed by atoms with Gasteiger partial charge in [-0.05, 0) is 52.7 Å². The van der Waals surface area contributed by atoms with E-state index in [4.69, 9.17) is 4.74 Å². The van der Waals surface area contributed by atoms with Crippen LogP contribution in [0.15, 0.2) is 45.9 Å². The van der Waals surface area contributed by atoms with Crippen LogP contribution in [0.5, 0.6) is 11.6 Å². The summed E-state index contributed by atoms with van der Waals surface area (Å²) in [6, 6.07) is 8.03. The number of aryl methyl sites for hydroxylation is 1. The van der Waals surface area contributed by atoms with Gasteiger partial charge in [-0.2, -0.15) is 0 Å². The molecule has 0 radical (unpaired) electrons. The van der Waals surface area contributed by atoms with Crippen LogP contribution in [0, 0.1) is 6.92 Å². The number of pyridine rings is 1. The molecule has 0 saturated carbocycles. The summed E-state index contributed by atoms with van der Waals surface area (Å²) in [6.45, 7) is 1.94. The summed E-state index contributed by atoms with van der Waals surface area (Å²) in [5.74, 6) is 1.01. The fraction of sp³-hybridized carbons (Fsp3) is 0.154. The minimum absolute atomic E-state index is 0.264. The second kappa shape index (κ2) is 5.30. The number of sulfone groups is 1. The predicted molar refractivity (Wildman–Crippen MR) is 76.3 cm³/mol. The van der Waals surface area contributed by atoms with E-state index >= 15 is 0 Å². The Labute approximate surface area is 120 Å². The molecule has 0 aliphatic carbocycles. The molecule has 100 valence electrons. The number of hydrogen-bond donors (Lipinski definition) is 0. The normalized spacial score (nSPS) is 11.3. The van der Waals surface area contributed by atoms with Crippen molar-refractivity contribution < 1.29 is 13.2 Å². The van der Waals surface area contributed by atoms with Gasteiger partial charge in [-0.1, -0.05) is 0 Å². The highest BCUT2D eigenvalue weighted by molar-refractivity contribution is 9.10. The van der Waals surface area contributed by atoms with Crippen molar-refractivity contribution in [1.82, 2.24) is 4.98 Å². The molecular weight excluding hydrogens is 330 g/mol. The molecule has 0 aliphatic rings. The standard InChI is InChI=1S/C13H12BrNO3S/c1-9-7-13(15-8-12(9)14)18-10-3-5-11(6-4-10)19(2,16)17/h3-8H,1-2H3. The Kier molecular flexibility index (Phi) is 3.91. The topological polar surface area (TPSA) is 56.3 Å². The first-order valence-corrected chi connectivity index (χ1v) is 8.15. The minimum atomic E-state index is -3.18. The summed E-state index contributed by atoms with van der Waals surface area (Å²) in [4.78, 5) is 4.38. The van der Waals surface area contributed by atoms with Crippen molar-refractivity contribution in [3.8, 4) is 11.6 Å². The highest BCUT2D eigenvalue weighted by Gasteiger charge is 2.07. The van der Waals surface area contributed by atoms with Crippen LogP contribution in [-0.2, 0) is 9.84 Å². The summed E-state index contributed by atoms with van der Waals surface area (Å²) in [5.41, 5.74) is 1.01. The van der Waals surface area contributed by atoms with Crippen molar-refractivity contribution in [1.29, 1.82) is 0 Å². The van der Waals surface area contributed by atoms with Crippen molar-refractivity contribution in [2.75, 3.05) is 6.26 Å². The summed E-state index contributed by atoms with van der Waals surface area (Å²) in [5, 5.41) is 0. The van der Waals surface area contributed by atoms with Crippen LogP contribution in [0.4, 0.5) is 0 Å². The highest BCUT2D eigenvalue weighted by atomic mass is 79.9. The van der Waals surface area contributed by atoms with Crippen molar-refractivity contribution in [3.05, 3.63) is 46.6 Å². The van der Waals surface area contributed by atoms with Gasteiger partial charge in [0, 0.05) is 23.0 Å². The SMILES string of the molecule is Cc1cc(Oc2ccc(S(C)(=O)=O)cc2)ncc1Br. The number of benzene rings is 1. The number of halogens is 1. The molecule has 0 unspecified atom stereocenters. The average molecular weight is 342 g/mol. The molecule has 0 aliphatic heterocycles. The molecule has 0 spiro atoms. The molecule has 1 heterocycles. The minimum Gasteiger partial charge on any atom is -0.439 e. The maximum atomic E-state index is 11.3. The number of nitrogens with zero attached hydrogens (tertiary/aromatic N) is 1. The zero-order valence-corrected chi connectivity index (χ0v) is 12.8. The largest absolute Gasteiger partial charge is 0.439 e. The van der Waals surface area contributed by atoms with Gasteiger partial charge in [0.15, 0.2) is 9.84 Å². The van der Waals surface area contributed by atoms with Crippen molar-refractivity contribution >= 4 is 25.8 Å². The van der Waals surface area contributed by atoms with Crippen LogP contribution in [0.1, 0.15) is 5.56 Å². The van der Waals surface area contributed by atoms with Gasteiger partial charge in [0.1, 0.15) is 5.75 Å². The zero-order valence-electron chi connectivity index (χ0n) is 10.4.